The number of benzene rings is 3. The van der Waals surface area contributed by atoms with Crippen LogP contribution < -0.4 is 19.1 Å². The molecule has 0 saturated carbocycles. The predicted molar refractivity (Wildman–Crippen MR) is 150 cm³/mol. The predicted octanol–water partition coefficient (Wildman–Crippen LogP) is 3.92. The van der Waals surface area contributed by atoms with E-state index in [4.69, 9.17) is 30.5 Å². The number of methoxy groups -OCH3 is 3. The van der Waals surface area contributed by atoms with Crippen LogP contribution in [-0.2, 0) is 14.8 Å². The van der Waals surface area contributed by atoms with E-state index in [1.807, 2.05) is 30.3 Å². The molecule has 212 valence electrons. The number of rotatable bonds is 10. The number of carbonyl (C=O) groups is 2. The van der Waals surface area contributed by atoms with E-state index < -0.39 is 28.4 Å². The van der Waals surface area contributed by atoms with Gasteiger partial charge >= 0.3 is 5.97 Å². The fraction of sp³-hybridized carbons (Fsp3) is 0.286. The van der Waals surface area contributed by atoms with Gasteiger partial charge in [-0.3, -0.25) is 4.79 Å². The molecule has 1 fully saturated rings. The molecule has 0 aromatic heterocycles. The van der Waals surface area contributed by atoms with Crippen molar-refractivity contribution in [2.75, 3.05) is 59.0 Å². The van der Waals surface area contributed by atoms with Gasteiger partial charge in [0, 0.05) is 37.4 Å². The van der Waals surface area contributed by atoms with Crippen LogP contribution in [0, 0.1) is 0 Å². The molecule has 1 saturated heterocycles. The lowest BCUT2D eigenvalue weighted by Gasteiger charge is -2.35. The highest BCUT2D eigenvalue weighted by Crippen LogP contribution is 2.38. The number of sulfonamides is 1. The summed E-state index contributed by atoms with van der Waals surface area (Å²) < 4.78 is 49.1. The minimum Gasteiger partial charge on any atom is -0.493 e. The summed E-state index contributed by atoms with van der Waals surface area (Å²) >= 11 is 6.21. The van der Waals surface area contributed by atoms with Crippen molar-refractivity contribution in [1.82, 2.24) is 4.31 Å². The molecule has 10 nitrogen and oxygen atoms in total. The van der Waals surface area contributed by atoms with Crippen LogP contribution in [0.1, 0.15) is 20.7 Å². The Morgan fingerprint density at radius 3 is 2.05 bits per heavy atom. The molecule has 1 heterocycles. The van der Waals surface area contributed by atoms with Gasteiger partial charge in [0.2, 0.25) is 21.6 Å². The van der Waals surface area contributed by atoms with Crippen LogP contribution in [0.15, 0.2) is 65.6 Å². The molecule has 12 heteroatoms. The maximum Gasteiger partial charge on any atom is 0.340 e. The van der Waals surface area contributed by atoms with E-state index in [2.05, 4.69) is 4.90 Å². The molecule has 0 aliphatic carbocycles. The summed E-state index contributed by atoms with van der Waals surface area (Å²) in [6.07, 6.45) is 0. The number of ether oxygens (including phenoxy) is 4. The van der Waals surface area contributed by atoms with Gasteiger partial charge in [-0.2, -0.15) is 4.31 Å². The summed E-state index contributed by atoms with van der Waals surface area (Å²) in [6.45, 7) is 0.988. The molecule has 0 spiro atoms. The highest BCUT2D eigenvalue weighted by Gasteiger charge is 2.30. The van der Waals surface area contributed by atoms with E-state index in [1.165, 1.54) is 56.0 Å². The van der Waals surface area contributed by atoms with Crippen molar-refractivity contribution in [3.8, 4) is 17.2 Å². The topological polar surface area (TPSA) is 112 Å². The van der Waals surface area contributed by atoms with Crippen LogP contribution in [0.2, 0.25) is 5.02 Å². The first-order valence-corrected chi connectivity index (χ1v) is 14.1. The number of anilines is 1. The van der Waals surface area contributed by atoms with E-state index >= 15 is 0 Å². The maximum absolute atomic E-state index is 13.4. The second-order valence-corrected chi connectivity index (χ2v) is 11.1. The molecule has 3 aromatic carbocycles. The van der Waals surface area contributed by atoms with Crippen molar-refractivity contribution in [3.05, 3.63) is 76.8 Å². The molecule has 4 rings (SSSR count). The highest BCUT2D eigenvalue weighted by molar-refractivity contribution is 7.89. The lowest BCUT2D eigenvalue weighted by atomic mass is 10.1. The Labute approximate surface area is 238 Å². The molecule has 1 aliphatic rings. The summed E-state index contributed by atoms with van der Waals surface area (Å²) in [5, 5.41) is -0.00178. The van der Waals surface area contributed by atoms with E-state index in [0.29, 0.717) is 18.8 Å². The third kappa shape index (κ3) is 6.16. The lowest BCUT2D eigenvalue weighted by Crippen LogP contribution is -2.48. The summed E-state index contributed by atoms with van der Waals surface area (Å²) in [6, 6.07) is 16.5. The number of ketones is 1. The zero-order valence-electron chi connectivity index (χ0n) is 22.3. The molecule has 3 aromatic rings. The van der Waals surface area contributed by atoms with Crippen molar-refractivity contribution >= 4 is 39.1 Å². The highest BCUT2D eigenvalue weighted by atomic mass is 35.5. The zero-order chi connectivity index (χ0) is 28.9. The number of carbonyl (C=O) groups excluding carboxylic acids is 2. The second-order valence-electron chi connectivity index (χ2n) is 8.78. The molecular formula is C28H29ClN2O8S. The van der Waals surface area contributed by atoms with E-state index in [0.717, 1.165) is 5.69 Å². The third-order valence-corrected chi connectivity index (χ3v) is 8.70. The zero-order valence-corrected chi connectivity index (χ0v) is 23.8. The molecule has 1 aliphatic heterocycles. The Morgan fingerprint density at radius 1 is 0.850 bits per heavy atom. The Balaban J connectivity index is 1.45. The first-order valence-electron chi connectivity index (χ1n) is 12.3. The minimum atomic E-state index is -3.90. The second kappa shape index (κ2) is 12.6. The van der Waals surface area contributed by atoms with Crippen LogP contribution in [0.25, 0.3) is 0 Å². The molecule has 0 bridgehead atoms. The van der Waals surface area contributed by atoms with Gasteiger partial charge in [-0.15, -0.1) is 0 Å². The molecular weight excluding hydrogens is 560 g/mol. The number of para-hydroxylation sites is 1. The van der Waals surface area contributed by atoms with Crippen LogP contribution in [0.5, 0.6) is 17.2 Å². The lowest BCUT2D eigenvalue weighted by molar-refractivity contribution is 0.0474. The van der Waals surface area contributed by atoms with Crippen LogP contribution in [-0.4, -0.2) is 78.6 Å². The number of esters is 1. The largest absolute Gasteiger partial charge is 0.493 e. The van der Waals surface area contributed by atoms with Gasteiger partial charge in [-0.1, -0.05) is 29.8 Å². The number of halogens is 1. The van der Waals surface area contributed by atoms with Gasteiger partial charge < -0.3 is 23.8 Å². The fourth-order valence-corrected chi connectivity index (χ4v) is 5.97. The van der Waals surface area contributed by atoms with Crippen LogP contribution >= 0.6 is 11.6 Å². The van der Waals surface area contributed by atoms with E-state index in [-0.39, 0.29) is 45.6 Å². The molecule has 0 atom stereocenters. The van der Waals surface area contributed by atoms with Crippen molar-refractivity contribution in [3.63, 3.8) is 0 Å². The number of hydrogen-bond donors (Lipinski definition) is 0. The molecule has 0 unspecified atom stereocenters. The van der Waals surface area contributed by atoms with Crippen LogP contribution in [0.3, 0.4) is 0 Å². The van der Waals surface area contributed by atoms with Gasteiger partial charge in [0.25, 0.3) is 0 Å². The van der Waals surface area contributed by atoms with Gasteiger partial charge in [-0.25, -0.2) is 13.2 Å². The van der Waals surface area contributed by atoms with Crippen molar-refractivity contribution in [1.29, 1.82) is 0 Å². The monoisotopic (exact) mass is 588 g/mol. The average Bonchev–Trinajstić information content (AvgIpc) is 2.99. The quantitative estimate of drug-likeness (QED) is 0.257. The van der Waals surface area contributed by atoms with Crippen molar-refractivity contribution in [2.24, 2.45) is 0 Å². The molecule has 0 radical (unpaired) electrons. The summed E-state index contributed by atoms with van der Waals surface area (Å²) in [4.78, 5) is 27.7. The van der Waals surface area contributed by atoms with Crippen molar-refractivity contribution in [2.45, 2.75) is 4.90 Å². The number of piperazine rings is 1. The fourth-order valence-electron chi connectivity index (χ4n) is 4.33. The van der Waals surface area contributed by atoms with Gasteiger partial charge in [0.05, 0.1) is 36.8 Å². The summed E-state index contributed by atoms with van der Waals surface area (Å²) in [5.74, 6) is -0.630. The van der Waals surface area contributed by atoms with Gasteiger partial charge in [-0.05, 0) is 42.5 Å². The van der Waals surface area contributed by atoms with Gasteiger partial charge in [0.15, 0.2) is 18.1 Å². The summed E-state index contributed by atoms with van der Waals surface area (Å²) in [7, 11) is 0.363. The first kappa shape index (κ1) is 29.2. The maximum atomic E-state index is 13.4. The minimum absolute atomic E-state index is 0.00178. The molecule has 40 heavy (non-hydrogen) atoms. The van der Waals surface area contributed by atoms with Gasteiger partial charge in [0.1, 0.15) is 0 Å². The third-order valence-electron chi connectivity index (χ3n) is 6.48. The Kier molecular flexibility index (Phi) is 9.18. The molecule has 0 N–H and O–H groups in total. The Morgan fingerprint density at radius 2 is 1.48 bits per heavy atom. The normalized spacial score (nSPS) is 13.9. The first-order chi connectivity index (χ1) is 19.2. The molecule has 0 amide bonds. The number of nitrogens with zero attached hydrogens (tertiary/aromatic N) is 2. The average molecular weight is 589 g/mol. The number of Topliss-reactive ketones (excluding diaryl/α,β-unsaturated/α-hetero) is 1. The van der Waals surface area contributed by atoms with Crippen LogP contribution in [0.4, 0.5) is 5.69 Å². The summed E-state index contributed by atoms with van der Waals surface area (Å²) in [5.41, 5.74) is 1.03. The van der Waals surface area contributed by atoms with E-state index in [1.54, 1.807) is 0 Å². The smallest absolute Gasteiger partial charge is 0.340 e. The van der Waals surface area contributed by atoms with E-state index in [9.17, 15) is 18.0 Å². The Bertz CT molecular complexity index is 1460. The van der Waals surface area contributed by atoms with Crippen molar-refractivity contribution < 1.29 is 37.0 Å². The SMILES string of the molecule is COc1cc(C(=O)COC(=O)c2cc(S(=O)(=O)N3CCN(c4ccccc4)CC3)ccc2Cl)cc(OC)c1OC. The standard InChI is InChI=1S/C28H29ClN2O8S/c1-36-25-15-19(16-26(37-2)27(25)38-3)24(32)18-39-28(33)22-17-21(9-10-23(22)29)40(34,35)31-13-11-30(12-14-31)20-7-5-4-6-8-20/h4-10,15-17H,11-14,18H2,1-3H3. The Hall–Kier alpha value is -3.80. The number of hydrogen-bond acceptors (Lipinski definition) is 9.